The molecule has 126 valence electrons. The van der Waals surface area contributed by atoms with Gasteiger partial charge in [0.05, 0.1) is 5.60 Å². The van der Waals surface area contributed by atoms with Crippen molar-refractivity contribution >= 4 is 5.91 Å². The SMILES string of the molecule is O=C(NCC1(O)CCCC1)c1ccc(-c2nc(C3CC3)no2)cc1. The van der Waals surface area contributed by atoms with E-state index in [9.17, 15) is 9.90 Å². The largest absolute Gasteiger partial charge is 0.388 e. The maximum Gasteiger partial charge on any atom is 0.257 e. The highest BCUT2D eigenvalue weighted by atomic mass is 16.5. The van der Waals surface area contributed by atoms with Crippen LogP contribution in [0.25, 0.3) is 11.5 Å². The van der Waals surface area contributed by atoms with Crippen LogP contribution in [-0.4, -0.2) is 33.3 Å². The van der Waals surface area contributed by atoms with Gasteiger partial charge in [0.2, 0.25) is 0 Å². The number of aliphatic hydroxyl groups is 1. The summed E-state index contributed by atoms with van der Waals surface area (Å²) in [6.45, 7) is 0.308. The van der Waals surface area contributed by atoms with Crippen LogP contribution in [0.2, 0.25) is 0 Å². The van der Waals surface area contributed by atoms with Crippen molar-refractivity contribution in [3.05, 3.63) is 35.7 Å². The highest BCUT2D eigenvalue weighted by molar-refractivity contribution is 5.94. The maximum atomic E-state index is 12.2. The molecule has 1 aromatic heterocycles. The van der Waals surface area contributed by atoms with Crippen molar-refractivity contribution in [1.29, 1.82) is 0 Å². The molecule has 0 aliphatic heterocycles. The van der Waals surface area contributed by atoms with Crippen LogP contribution in [0.15, 0.2) is 28.8 Å². The fraction of sp³-hybridized carbons (Fsp3) is 0.500. The summed E-state index contributed by atoms with van der Waals surface area (Å²) in [4.78, 5) is 16.6. The zero-order valence-electron chi connectivity index (χ0n) is 13.5. The Morgan fingerprint density at radius 1 is 1.25 bits per heavy atom. The lowest BCUT2D eigenvalue weighted by Crippen LogP contribution is -2.40. The third kappa shape index (κ3) is 3.19. The Bertz CT molecular complexity index is 728. The average molecular weight is 327 g/mol. The molecule has 1 aromatic carbocycles. The first-order valence-corrected chi connectivity index (χ1v) is 8.58. The van der Waals surface area contributed by atoms with Gasteiger partial charge in [0.25, 0.3) is 11.8 Å². The van der Waals surface area contributed by atoms with Crippen LogP contribution >= 0.6 is 0 Å². The molecule has 2 N–H and O–H groups in total. The molecule has 0 saturated heterocycles. The van der Waals surface area contributed by atoms with Gasteiger partial charge in [0.1, 0.15) is 0 Å². The maximum absolute atomic E-state index is 12.2. The number of hydrogen-bond acceptors (Lipinski definition) is 5. The van der Waals surface area contributed by atoms with Gasteiger partial charge in [-0.15, -0.1) is 0 Å². The molecule has 4 rings (SSSR count). The van der Waals surface area contributed by atoms with Crippen molar-refractivity contribution in [2.24, 2.45) is 0 Å². The van der Waals surface area contributed by atoms with Crippen molar-refractivity contribution in [2.45, 2.75) is 50.0 Å². The molecule has 2 fully saturated rings. The zero-order valence-corrected chi connectivity index (χ0v) is 13.5. The summed E-state index contributed by atoms with van der Waals surface area (Å²) in [7, 11) is 0. The van der Waals surface area contributed by atoms with Crippen molar-refractivity contribution in [2.75, 3.05) is 6.54 Å². The van der Waals surface area contributed by atoms with Gasteiger partial charge >= 0.3 is 0 Å². The second-order valence-corrected chi connectivity index (χ2v) is 6.92. The summed E-state index contributed by atoms with van der Waals surface area (Å²) in [5.41, 5.74) is 0.626. The van der Waals surface area contributed by atoms with Crippen LogP contribution in [-0.2, 0) is 0 Å². The molecule has 24 heavy (non-hydrogen) atoms. The van der Waals surface area contributed by atoms with E-state index in [2.05, 4.69) is 15.5 Å². The van der Waals surface area contributed by atoms with Crippen molar-refractivity contribution in [3.8, 4) is 11.5 Å². The highest BCUT2D eigenvalue weighted by Gasteiger charge is 2.31. The van der Waals surface area contributed by atoms with Crippen LogP contribution < -0.4 is 5.32 Å². The minimum Gasteiger partial charge on any atom is -0.388 e. The molecule has 2 aliphatic rings. The van der Waals surface area contributed by atoms with Gasteiger partial charge in [0.15, 0.2) is 5.82 Å². The topological polar surface area (TPSA) is 88.2 Å². The van der Waals surface area contributed by atoms with E-state index in [0.717, 1.165) is 49.9 Å². The van der Waals surface area contributed by atoms with E-state index in [1.165, 1.54) is 0 Å². The van der Waals surface area contributed by atoms with Crippen LogP contribution in [0.5, 0.6) is 0 Å². The first kappa shape index (κ1) is 15.3. The zero-order chi connectivity index (χ0) is 16.6. The summed E-state index contributed by atoms with van der Waals surface area (Å²) in [6.07, 6.45) is 5.82. The second-order valence-electron chi connectivity index (χ2n) is 6.92. The predicted octanol–water partition coefficient (Wildman–Crippen LogP) is 2.65. The molecule has 0 unspecified atom stereocenters. The third-order valence-electron chi connectivity index (χ3n) is 4.89. The van der Waals surface area contributed by atoms with Gasteiger partial charge in [-0.3, -0.25) is 4.79 Å². The molecular formula is C18H21N3O3. The first-order chi connectivity index (χ1) is 11.6. The quantitative estimate of drug-likeness (QED) is 0.881. The van der Waals surface area contributed by atoms with Gasteiger partial charge in [-0.05, 0) is 49.9 Å². The van der Waals surface area contributed by atoms with Crippen LogP contribution in [0.1, 0.15) is 60.6 Å². The fourth-order valence-electron chi connectivity index (χ4n) is 3.18. The Kier molecular flexibility index (Phi) is 3.84. The smallest absolute Gasteiger partial charge is 0.257 e. The molecule has 2 aliphatic carbocycles. The summed E-state index contributed by atoms with van der Waals surface area (Å²) < 4.78 is 5.29. The van der Waals surface area contributed by atoms with Crippen molar-refractivity contribution < 1.29 is 14.4 Å². The summed E-state index contributed by atoms with van der Waals surface area (Å²) in [6, 6.07) is 7.10. The van der Waals surface area contributed by atoms with Crippen molar-refractivity contribution in [1.82, 2.24) is 15.5 Å². The second kappa shape index (κ2) is 6.02. The van der Waals surface area contributed by atoms with E-state index < -0.39 is 5.60 Å². The Labute approximate surface area is 140 Å². The Hall–Kier alpha value is -2.21. The number of carbonyl (C=O) groups excluding carboxylic acids is 1. The molecule has 6 nitrogen and oxygen atoms in total. The van der Waals surface area contributed by atoms with E-state index in [-0.39, 0.29) is 5.91 Å². The lowest BCUT2D eigenvalue weighted by Gasteiger charge is -2.22. The fourth-order valence-corrected chi connectivity index (χ4v) is 3.18. The molecule has 1 amide bonds. The summed E-state index contributed by atoms with van der Waals surface area (Å²) in [5.74, 6) is 1.54. The Morgan fingerprint density at radius 2 is 1.96 bits per heavy atom. The lowest BCUT2D eigenvalue weighted by atomic mass is 10.0. The summed E-state index contributed by atoms with van der Waals surface area (Å²) >= 11 is 0. The molecule has 6 heteroatoms. The van der Waals surface area contributed by atoms with Crippen LogP contribution in [0, 0.1) is 0 Å². The molecular weight excluding hydrogens is 306 g/mol. The Morgan fingerprint density at radius 3 is 2.62 bits per heavy atom. The Balaban J connectivity index is 1.39. The highest BCUT2D eigenvalue weighted by Crippen LogP contribution is 2.38. The van der Waals surface area contributed by atoms with E-state index in [1.807, 2.05) is 12.1 Å². The van der Waals surface area contributed by atoms with Gasteiger partial charge in [-0.1, -0.05) is 18.0 Å². The number of benzene rings is 1. The minimum absolute atomic E-state index is 0.175. The monoisotopic (exact) mass is 327 g/mol. The first-order valence-electron chi connectivity index (χ1n) is 8.58. The van der Waals surface area contributed by atoms with Gasteiger partial charge in [-0.2, -0.15) is 4.98 Å². The predicted molar refractivity (Wildman–Crippen MR) is 87.5 cm³/mol. The number of carbonyl (C=O) groups is 1. The third-order valence-corrected chi connectivity index (χ3v) is 4.89. The molecule has 2 aromatic rings. The standard InChI is InChI=1S/C18H21N3O3/c22-16(19-11-18(23)9-1-2-10-18)13-5-7-14(8-6-13)17-20-15(21-24-17)12-3-4-12/h5-8,12,23H,1-4,9-11H2,(H,19,22). The molecule has 0 atom stereocenters. The van der Waals surface area contributed by atoms with Gasteiger partial charge < -0.3 is 14.9 Å². The number of nitrogens with zero attached hydrogens (tertiary/aromatic N) is 2. The lowest BCUT2D eigenvalue weighted by molar-refractivity contribution is 0.0449. The van der Waals surface area contributed by atoms with E-state index in [0.29, 0.717) is 23.9 Å². The van der Waals surface area contributed by atoms with Crippen LogP contribution in [0.3, 0.4) is 0 Å². The average Bonchev–Trinajstić information content (AvgIpc) is 3.17. The molecule has 0 bridgehead atoms. The minimum atomic E-state index is -0.738. The number of aromatic nitrogens is 2. The van der Waals surface area contributed by atoms with E-state index >= 15 is 0 Å². The van der Waals surface area contributed by atoms with E-state index in [1.54, 1.807) is 12.1 Å². The van der Waals surface area contributed by atoms with Gasteiger partial charge in [0, 0.05) is 23.6 Å². The van der Waals surface area contributed by atoms with Crippen LogP contribution in [0.4, 0.5) is 0 Å². The molecule has 0 spiro atoms. The number of amides is 1. The summed E-state index contributed by atoms with van der Waals surface area (Å²) in [5, 5.41) is 17.1. The number of nitrogens with one attached hydrogen (secondary N) is 1. The molecule has 0 radical (unpaired) electrons. The van der Waals surface area contributed by atoms with E-state index in [4.69, 9.17) is 4.52 Å². The number of rotatable bonds is 5. The van der Waals surface area contributed by atoms with Gasteiger partial charge in [-0.25, -0.2) is 0 Å². The normalized spacial score (nSPS) is 19.4. The van der Waals surface area contributed by atoms with Crippen molar-refractivity contribution in [3.63, 3.8) is 0 Å². The molecule has 2 saturated carbocycles. The molecule has 1 heterocycles. The number of hydrogen-bond donors (Lipinski definition) is 2.